The van der Waals surface area contributed by atoms with Gasteiger partial charge < -0.3 is 10.6 Å². The summed E-state index contributed by atoms with van der Waals surface area (Å²) in [6.07, 6.45) is 2.76. The number of fused-ring (bicyclic) bond motifs is 1. The van der Waals surface area contributed by atoms with Crippen molar-refractivity contribution in [2.45, 2.75) is 26.8 Å². The molecule has 4 nitrogen and oxygen atoms in total. The molecule has 3 rings (SSSR count). The number of carbonyl (C=O) groups excluding carboxylic acids is 1. The van der Waals surface area contributed by atoms with E-state index < -0.39 is 0 Å². The molecule has 0 saturated carbocycles. The molecular weight excluding hydrogens is 274 g/mol. The van der Waals surface area contributed by atoms with Crippen molar-refractivity contribution in [3.8, 4) is 11.3 Å². The summed E-state index contributed by atoms with van der Waals surface area (Å²) in [7, 11) is 0. The van der Waals surface area contributed by atoms with E-state index in [4.69, 9.17) is 0 Å². The molecule has 1 aliphatic rings. The molecule has 2 N–H and O–H groups in total. The molecule has 0 saturated heterocycles. The lowest BCUT2D eigenvalue weighted by molar-refractivity contribution is -0.118. The van der Waals surface area contributed by atoms with Crippen molar-refractivity contribution >= 4 is 11.6 Å². The summed E-state index contributed by atoms with van der Waals surface area (Å²) in [5.41, 5.74) is 5.41. The largest absolute Gasteiger partial charge is 0.324 e. The average Bonchev–Trinajstić information content (AvgIpc) is 2.55. The maximum atomic E-state index is 12.0. The molecule has 1 aliphatic heterocycles. The summed E-state index contributed by atoms with van der Waals surface area (Å²) in [6.45, 7) is 5.65. The average molecular weight is 295 g/mol. The van der Waals surface area contributed by atoms with Gasteiger partial charge in [-0.3, -0.25) is 9.78 Å². The summed E-state index contributed by atoms with van der Waals surface area (Å²) in [4.78, 5) is 16.6. The number of amides is 1. The summed E-state index contributed by atoms with van der Waals surface area (Å²) in [5.74, 6) is -0.0392. The minimum absolute atomic E-state index is 0.0146. The van der Waals surface area contributed by atoms with Crippen molar-refractivity contribution in [2.75, 3.05) is 11.9 Å². The molecule has 4 heteroatoms. The number of nitrogens with one attached hydrogen (secondary N) is 2. The molecule has 0 aliphatic carbocycles. The summed E-state index contributed by atoms with van der Waals surface area (Å²) < 4.78 is 0. The number of hydrogen-bond acceptors (Lipinski definition) is 3. The van der Waals surface area contributed by atoms with E-state index in [9.17, 15) is 4.79 Å². The second-order valence-electron chi connectivity index (χ2n) is 5.91. The van der Waals surface area contributed by atoms with Crippen LogP contribution in [0.3, 0.4) is 0 Å². The Labute approximate surface area is 131 Å². The number of hydrogen-bond donors (Lipinski definition) is 2. The standard InChI is InChI=1S/C18H21N3O/c1-12(2)18(22)21-16-7-4-9-20-17(16)15-6-3-5-13-11-19-10-8-14(13)15/h3-7,9,12,19H,8,10-11H2,1-2H3,(H,21,22). The maximum Gasteiger partial charge on any atom is 0.226 e. The monoisotopic (exact) mass is 295 g/mol. The Kier molecular flexibility index (Phi) is 4.20. The van der Waals surface area contributed by atoms with E-state index in [-0.39, 0.29) is 11.8 Å². The van der Waals surface area contributed by atoms with Gasteiger partial charge in [-0.2, -0.15) is 0 Å². The van der Waals surface area contributed by atoms with Gasteiger partial charge in [0.1, 0.15) is 0 Å². The predicted molar refractivity (Wildman–Crippen MR) is 88.6 cm³/mol. The lowest BCUT2D eigenvalue weighted by atomic mass is 9.93. The van der Waals surface area contributed by atoms with Crippen molar-refractivity contribution < 1.29 is 4.79 Å². The zero-order valence-corrected chi connectivity index (χ0v) is 13.0. The molecule has 0 fully saturated rings. The molecular formula is C18H21N3O. The van der Waals surface area contributed by atoms with E-state index in [1.54, 1.807) is 6.20 Å². The first kappa shape index (κ1) is 14.7. The third-order valence-corrected chi connectivity index (χ3v) is 3.99. The fourth-order valence-corrected chi connectivity index (χ4v) is 2.75. The topological polar surface area (TPSA) is 54.0 Å². The molecule has 1 aromatic carbocycles. The van der Waals surface area contributed by atoms with E-state index in [0.717, 1.165) is 36.5 Å². The first-order chi connectivity index (χ1) is 10.7. The van der Waals surface area contributed by atoms with Gasteiger partial charge in [-0.25, -0.2) is 0 Å². The highest BCUT2D eigenvalue weighted by molar-refractivity contribution is 5.96. The van der Waals surface area contributed by atoms with Gasteiger partial charge in [-0.05, 0) is 36.2 Å². The fourth-order valence-electron chi connectivity index (χ4n) is 2.75. The molecule has 2 aromatic rings. The lowest BCUT2D eigenvalue weighted by Gasteiger charge is -2.21. The van der Waals surface area contributed by atoms with Crippen molar-refractivity contribution in [1.29, 1.82) is 0 Å². The number of anilines is 1. The number of rotatable bonds is 3. The summed E-state index contributed by atoms with van der Waals surface area (Å²) in [5, 5.41) is 6.39. The van der Waals surface area contributed by atoms with Gasteiger partial charge in [-0.1, -0.05) is 32.0 Å². The zero-order valence-electron chi connectivity index (χ0n) is 13.0. The quantitative estimate of drug-likeness (QED) is 0.915. The molecule has 22 heavy (non-hydrogen) atoms. The van der Waals surface area contributed by atoms with Crippen LogP contribution in [0.1, 0.15) is 25.0 Å². The molecule has 0 atom stereocenters. The van der Waals surface area contributed by atoms with E-state index in [0.29, 0.717) is 0 Å². The molecule has 114 valence electrons. The van der Waals surface area contributed by atoms with Crippen molar-refractivity contribution in [1.82, 2.24) is 10.3 Å². The number of nitrogens with zero attached hydrogens (tertiary/aromatic N) is 1. The van der Waals surface area contributed by atoms with Gasteiger partial charge in [0, 0.05) is 24.2 Å². The van der Waals surface area contributed by atoms with Crippen molar-refractivity contribution in [2.24, 2.45) is 5.92 Å². The maximum absolute atomic E-state index is 12.0. The van der Waals surface area contributed by atoms with Crippen LogP contribution < -0.4 is 10.6 Å². The lowest BCUT2D eigenvalue weighted by Crippen LogP contribution is -2.24. The molecule has 0 bridgehead atoms. The van der Waals surface area contributed by atoms with Crippen molar-refractivity contribution in [3.05, 3.63) is 47.7 Å². The summed E-state index contributed by atoms with van der Waals surface area (Å²) in [6, 6.07) is 10.1. The highest BCUT2D eigenvalue weighted by Crippen LogP contribution is 2.31. The Hall–Kier alpha value is -2.20. The predicted octanol–water partition coefficient (Wildman–Crippen LogP) is 2.99. The van der Waals surface area contributed by atoms with E-state index in [2.05, 4.69) is 33.8 Å². The Morgan fingerprint density at radius 2 is 2.14 bits per heavy atom. The Morgan fingerprint density at radius 1 is 1.27 bits per heavy atom. The molecule has 1 aromatic heterocycles. The van der Waals surface area contributed by atoms with Gasteiger partial charge in [0.15, 0.2) is 0 Å². The third kappa shape index (κ3) is 2.88. The van der Waals surface area contributed by atoms with Gasteiger partial charge in [-0.15, -0.1) is 0 Å². The van der Waals surface area contributed by atoms with E-state index >= 15 is 0 Å². The second kappa shape index (κ2) is 6.28. The molecule has 0 unspecified atom stereocenters. The number of pyridine rings is 1. The van der Waals surface area contributed by atoms with Crippen LogP contribution in [0.15, 0.2) is 36.5 Å². The normalized spacial score (nSPS) is 13.8. The smallest absolute Gasteiger partial charge is 0.226 e. The summed E-state index contributed by atoms with van der Waals surface area (Å²) >= 11 is 0. The van der Waals surface area contributed by atoms with Gasteiger partial charge in [0.05, 0.1) is 11.4 Å². The van der Waals surface area contributed by atoms with Gasteiger partial charge in [0.2, 0.25) is 5.91 Å². The Balaban J connectivity index is 2.04. The van der Waals surface area contributed by atoms with Crippen molar-refractivity contribution in [3.63, 3.8) is 0 Å². The van der Waals surface area contributed by atoms with Crippen LogP contribution >= 0.6 is 0 Å². The van der Waals surface area contributed by atoms with Gasteiger partial charge >= 0.3 is 0 Å². The number of carbonyl (C=O) groups is 1. The first-order valence-corrected chi connectivity index (χ1v) is 7.74. The third-order valence-electron chi connectivity index (χ3n) is 3.99. The fraction of sp³-hybridized carbons (Fsp3) is 0.333. The molecule has 0 radical (unpaired) electrons. The second-order valence-corrected chi connectivity index (χ2v) is 5.91. The molecule has 1 amide bonds. The highest BCUT2D eigenvalue weighted by atomic mass is 16.1. The Bertz CT molecular complexity index is 694. The van der Waals surface area contributed by atoms with Crippen LogP contribution in [0.2, 0.25) is 0 Å². The van der Waals surface area contributed by atoms with Crippen LogP contribution in [0, 0.1) is 5.92 Å². The van der Waals surface area contributed by atoms with Crippen LogP contribution in [0.25, 0.3) is 11.3 Å². The van der Waals surface area contributed by atoms with E-state index in [1.807, 2.05) is 26.0 Å². The van der Waals surface area contributed by atoms with Gasteiger partial charge in [0.25, 0.3) is 0 Å². The first-order valence-electron chi connectivity index (χ1n) is 7.74. The van der Waals surface area contributed by atoms with Crippen LogP contribution in [-0.2, 0) is 17.8 Å². The minimum Gasteiger partial charge on any atom is -0.324 e. The Morgan fingerprint density at radius 3 is 2.95 bits per heavy atom. The van der Waals surface area contributed by atoms with Crippen LogP contribution in [-0.4, -0.2) is 17.4 Å². The zero-order chi connectivity index (χ0) is 15.5. The van der Waals surface area contributed by atoms with Crippen LogP contribution in [0.4, 0.5) is 5.69 Å². The SMILES string of the molecule is CC(C)C(=O)Nc1cccnc1-c1cccc2c1CCNC2. The molecule has 2 heterocycles. The minimum atomic E-state index is -0.0538. The molecule has 0 spiro atoms. The van der Waals surface area contributed by atoms with Crippen LogP contribution in [0.5, 0.6) is 0 Å². The number of aromatic nitrogens is 1. The van der Waals surface area contributed by atoms with E-state index in [1.165, 1.54) is 11.1 Å². The highest BCUT2D eigenvalue weighted by Gasteiger charge is 2.18. The number of benzene rings is 1.